The third-order valence-electron chi connectivity index (χ3n) is 7.68. The van der Waals surface area contributed by atoms with Crippen LogP contribution in [0.15, 0.2) is 138 Å². The molecule has 1 aliphatic carbocycles. The average molecular weight is 489 g/mol. The van der Waals surface area contributed by atoms with Gasteiger partial charge in [-0.05, 0) is 75.1 Å². The second kappa shape index (κ2) is 9.36. The zero-order valence-electron chi connectivity index (χ0n) is 21.4. The first-order chi connectivity index (χ1) is 18.7. The SMILES string of the molecule is CC1C=CC(c2ccc(-c3ccc(-c4ccc(-c5ccc6oc7ccccc7c6c5)cc4)cc3)cc2)=CC1. The molecule has 0 N–H and O–H groups in total. The van der Waals surface area contributed by atoms with E-state index in [2.05, 4.69) is 128 Å². The molecule has 0 fully saturated rings. The number of benzene rings is 5. The standard InChI is InChI=1S/C37H28O/c1-25-6-8-26(9-7-25)27-10-12-28(13-11-27)29-14-16-30(17-15-29)31-18-20-32(21-19-31)33-22-23-37-35(24-33)34-4-2-3-5-36(34)38-37/h2-6,8-25H,7H2,1H3. The van der Waals surface area contributed by atoms with Gasteiger partial charge in [-0.15, -0.1) is 0 Å². The van der Waals surface area contributed by atoms with Crippen LogP contribution in [0, 0.1) is 5.92 Å². The Morgan fingerprint density at radius 1 is 0.526 bits per heavy atom. The minimum atomic E-state index is 0.639. The maximum Gasteiger partial charge on any atom is 0.135 e. The molecule has 1 atom stereocenters. The van der Waals surface area contributed by atoms with E-state index in [0.717, 1.165) is 28.4 Å². The molecule has 182 valence electrons. The van der Waals surface area contributed by atoms with E-state index in [9.17, 15) is 0 Å². The van der Waals surface area contributed by atoms with Gasteiger partial charge in [-0.2, -0.15) is 0 Å². The largest absolute Gasteiger partial charge is 0.456 e. The highest BCUT2D eigenvalue weighted by atomic mass is 16.3. The minimum absolute atomic E-state index is 0.639. The molecular formula is C37H28O. The lowest BCUT2D eigenvalue weighted by Crippen LogP contribution is -1.94. The second-order valence-corrected chi connectivity index (χ2v) is 10.3. The van der Waals surface area contributed by atoms with Crippen molar-refractivity contribution in [2.75, 3.05) is 0 Å². The number of hydrogen-bond acceptors (Lipinski definition) is 1. The Morgan fingerprint density at radius 3 is 1.61 bits per heavy atom. The van der Waals surface area contributed by atoms with Gasteiger partial charge in [0.05, 0.1) is 0 Å². The van der Waals surface area contributed by atoms with Gasteiger partial charge in [0.25, 0.3) is 0 Å². The molecule has 1 aliphatic rings. The van der Waals surface area contributed by atoms with E-state index in [1.807, 2.05) is 12.1 Å². The normalized spacial score (nSPS) is 15.2. The lowest BCUT2D eigenvalue weighted by molar-refractivity contribution is 0.669. The fourth-order valence-corrected chi connectivity index (χ4v) is 5.41. The predicted molar refractivity (Wildman–Crippen MR) is 161 cm³/mol. The van der Waals surface area contributed by atoms with Crippen LogP contribution in [0.2, 0.25) is 0 Å². The van der Waals surface area contributed by atoms with Crippen LogP contribution in [0.25, 0.3) is 60.9 Å². The molecule has 38 heavy (non-hydrogen) atoms. The number of rotatable bonds is 4. The van der Waals surface area contributed by atoms with Gasteiger partial charge < -0.3 is 4.42 Å². The van der Waals surface area contributed by atoms with Gasteiger partial charge in [0.15, 0.2) is 0 Å². The molecule has 0 aliphatic heterocycles. The molecule has 1 heterocycles. The molecule has 1 heteroatoms. The van der Waals surface area contributed by atoms with Crippen molar-refractivity contribution in [2.45, 2.75) is 13.3 Å². The van der Waals surface area contributed by atoms with E-state index in [1.165, 1.54) is 44.5 Å². The maximum absolute atomic E-state index is 5.99. The zero-order chi connectivity index (χ0) is 25.5. The van der Waals surface area contributed by atoms with Crippen LogP contribution in [0.1, 0.15) is 18.9 Å². The van der Waals surface area contributed by atoms with Gasteiger partial charge in [-0.1, -0.05) is 122 Å². The van der Waals surface area contributed by atoms with Crippen molar-refractivity contribution in [2.24, 2.45) is 5.92 Å². The van der Waals surface area contributed by atoms with Gasteiger partial charge in [-0.3, -0.25) is 0 Å². The van der Waals surface area contributed by atoms with Crippen LogP contribution in [-0.2, 0) is 0 Å². The summed E-state index contributed by atoms with van der Waals surface area (Å²) in [7, 11) is 0. The van der Waals surface area contributed by atoms with Crippen LogP contribution in [0.5, 0.6) is 0 Å². The number of para-hydroxylation sites is 1. The number of hydrogen-bond donors (Lipinski definition) is 0. The van der Waals surface area contributed by atoms with Gasteiger partial charge >= 0.3 is 0 Å². The van der Waals surface area contributed by atoms with E-state index >= 15 is 0 Å². The summed E-state index contributed by atoms with van der Waals surface area (Å²) in [6.45, 7) is 2.26. The summed E-state index contributed by atoms with van der Waals surface area (Å²) in [5, 5.41) is 2.32. The second-order valence-electron chi connectivity index (χ2n) is 10.3. The highest BCUT2D eigenvalue weighted by Gasteiger charge is 2.09. The Labute approximate surface area is 223 Å². The van der Waals surface area contributed by atoms with Crippen molar-refractivity contribution in [3.05, 3.63) is 139 Å². The Hall–Kier alpha value is -4.62. The number of furan rings is 1. The van der Waals surface area contributed by atoms with Crippen LogP contribution in [0.3, 0.4) is 0 Å². The number of allylic oxidation sites excluding steroid dienone is 4. The summed E-state index contributed by atoms with van der Waals surface area (Å²) in [5.74, 6) is 0.639. The molecule has 0 spiro atoms. The van der Waals surface area contributed by atoms with Crippen molar-refractivity contribution in [3.63, 3.8) is 0 Å². The first kappa shape index (κ1) is 22.6. The van der Waals surface area contributed by atoms with Gasteiger partial charge in [0, 0.05) is 10.8 Å². The molecule has 1 aromatic heterocycles. The molecule has 1 unspecified atom stereocenters. The summed E-state index contributed by atoms with van der Waals surface area (Å²) in [6.07, 6.45) is 8.01. The minimum Gasteiger partial charge on any atom is -0.456 e. The quantitative estimate of drug-likeness (QED) is 0.240. The van der Waals surface area contributed by atoms with Crippen LogP contribution in [0.4, 0.5) is 0 Å². The summed E-state index contributed by atoms with van der Waals surface area (Å²) >= 11 is 0. The average Bonchev–Trinajstić information content (AvgIpc) is 3.36. The molecule has 0 saturated heterocycles. The molecule has 0 amide bonds. The smallest absolute Gasteiger partial charge is 0.135 e. The van der Waals surface area contributed by atoms with Crippen molar-refractivity contribution in [1.29, 1.82) is 0 Å². The van der Waals surface area contributed by atoms with Crippen molar-refractivity contribution < 1.29 is 4.42 Å². The molecule has 0 radical (unpaired) electrons. The summed E-state index contributed by atoms with van der Waals surface area (Å²) < 4.78 is 5.99. The lowest BCUT2D eigenvalue weighted by Gasteiger charge is -2.12. The molecule has 6 aromatic rings. The van der Waals surface area contributed by atoms with E-state index < -0.39 is 0 Å². The Balaban J connectivity index is 1.11. The molecular weight excluding hydrogens is 460 g/mol. The third-order valence-corrected chi connectivity index (χ3v) is 7.68. The van der Waals surface area contributed by atoms with E-state index in [4.69, 9.17) is 4.42 Å². The van der Waals surface area contributed by atoms with E-state index in [0.29, 0.717) is 5.92 Å². The van der Waals surface area contributed by atoms with Crippen LogP contribution >= 0.6 is 0 Å². The van der Waals surface area contributed by atoms with Gasteiger partial charge in [-0.25, -0.2) is 0 Å². The predicted octanol–water partition coefficient (Wildman–Crippen LogP) is 10.6. The monoisotopic (exact) mass is 488 g/mol. The first-order valence-electron chi connectivity index (χ1n) is 13.3. The Morgan fingerprint density at radius 2 is 1.03 bits per heavy atom. The van der Waals surface area contributed by atoms with Crippen molar-refractivity contribution in [3.8, 4) is 33.4 Å². The fraction of sp³-hybridized carbons (Fsp3) is 0.0811. The topological polar surface area (TPSA) is 13.1 Å². The Bertz CT molecular complexity index is 1810. The Kier molecular flexibility index (Phi) is 5.56. The highest BCUT2D eigenvalue weighted by Crippen LogP contribution is 2.34. The molecule has 1 nitrogen and oxygen atoms in total. The molecule has 7 rings (SSSR count). The maximum atomic E-state index is 5.99. The zero-order valence-corrected chi connectivity index (χ0v) is 21.4. The molecule has 0 bridgehead atoms. The summed E-state index contributed by atoms with van der Waals surface area (Å²) in [4.78, 5) is 0. The van der Waals surface area contributed by atoms with Crippen molar-refractivity contribution in [1.82, 2.24) is 0 Å². The van der Waals surface area contributed by atoms with Crippen molar-refractivity contribution >= 4 is 27.5 Å². The third kappa shape index (κ3) is 4.17. The van der Waals surface area contributed by atoms with Gasteiger partial charge in [0.1, 0.15) is 11.2 Å². The molecule has 5 aromatic carbocycles. The summed E-state index contributed by atoms with van der Waals surface area (Å²) in [5.41, 5.74) is 11.8. The summed E-state index contributed by atoms with van der Waals surface area (Å²) in [6, 6.07) is 41.3. The number of fused-ring (bicyclic) bond motifs is 3. The van der Waals surface area contributed by atoms with E-state index in [1.54, 1.807) is 0 Å². The fourth-order valence-electron chi connectivity index (χ4n) is 5.41. The highest BCUT2D eigenvalue weighted by molar-refractivity contribution is 6.06. The van der Waals surface area contributed by atoms with Gasteiger partial charge in [0.2, 0.25) is 0 Å². The first-order valence-corrected chi connectivity index (χ1v) is 13.3. The van der Waals surface area contributed by atoms with Crippen LogP contribution < -0.4 is 0 Å². The van der Waals surface area contributed by atoms with E-state index in [-0.39, 0.29) is 0 Å². The van der Waals surface area contributed by atoms with Crippen LogP contribution in [-0.4, -0.2) is 0 Å². The lowest BCUT2D eigenvalue weighted by atomic mass is 9.93. The molecule has 0 saturated carbocycles.